The number of hydrogen-bond acceptors (Lipinski definition) is 1. The first kappa shape index (κ1) is 23.8. The van der Waals surface area contributed by atoms with Crippen LogP contribution in [0.3, 0.4) is 0 Å². The third-order valence-corrected chi connectivity index (χ3v) is 16.8. The Morgan fingerprint density at radius 3 is 1.59 bits per heavy atom. The van der Waals surface area contributed by atoms with E-state index in [0.29, 0.717) is 0 Å². The molecule has 0 aliphatic rings. The van der Waals surface area contributed by atoms with Gasteiger partial charge >= 0.3 is 0 Å². The van der Waals surface area contributed by atoms with Gasteiger partial charge in [0.1, 0.15) is 0 Å². The Kier molecular flexibility index (Phi) is 8.68. The van der Waals surface area contributed by atoms with Crippen molar-refractivity contribution in [3.8, 4) is 0 Å². The molecule has 0 unspecified atom stereocenters. The van der Waals surface area contributed by atoms with E-state index in [1.165, 1.54) is 28.5 Å². The van der Waals surface area contributed by atoms with E-state index >= 15 is 0 Å². The second-order valence-electron chi connectivity index (χ2n) is 9.13. The van der Waals surface area contributed by atoms with Gasteiger partial charge in [-0.1, -0.05) is 132 Å². The van der Waals surface area contributed by atoms with E-state index in [-0.39, 0.29) is 5.04 Å². The van der Waals surface area contributed by atoms with Gasteiger partial charge in [-0.05, 0) is 21.8 Å². The van der Waals surface area contributed by atoms with Crippen molar-refractivity contribution in [2.75, 3.05) is 6.61 Å². The van der Waals surface area contributed by atoms with Crippen molar-refractivity contribution in [3.63, 3.8) is 0 Å². The van der Waals surface area contributed by atoms with E-state index in [4.69, 9.17) is 4.43 Å². The van der Waals surface area contributed by atoms with Crippen LogP contribution < -0.4 is 10.4 Å². The van der Waals surface area contributed by atoms with Gasteiger partial charge in [-0.3, -0.25) is 0 Å². The van der Waals surface area contributed by atoms with Crippen LogP contribution in [0.5, 0.6) is 0 Å². The average molecular weight is 425 g/mol. The molecule has 0 aliphatic carbocycles. The molecule has 0 atom stereocenters. The van der Waals surface area contributed by atoms with Gasteiger partial charge in [-0.2, -0.15) is 0 Å². The summed E-state index contributed by atoms with van der Waals surface area (Å²) in [5.41, 5.74) is 2.59. The van der Waals surface area contributed by atoms with Gasteiger partial charge in [0.2, 0.25) is 0 Å². The monoisotopic (exact) mass is 424 g/mol. The first-order chi connectivity index (χ1) is 13.8. The smallest absolute Gasteiger partial charge is 0.261 e. The van der Waals surface area contributed by atoms with Crippen molar-refractivity contribution in [1.82, 2.24) is 0 Å². The number of benzene rings is 2. The fourth-order valence-electron chi connectivity index (χ4n) is 4.48. The molecule has 0 fully saturated rings. The van der Waals surface area contributed by atoms with E-state index in [2.05, 4.69) is 114 Å². The largest absolute Gasteiger partial charge is 0.407 e. The maximum Gasteiger partial charge on any atom is 0.261 e. The van der Waals surface area contributed by atoms with Crippen LogP contribution in [0, 0.1) is 0 Å². The Morgan fingerprint density at radius 1 is 0.759 bits per heavy atom. The molecule has 0 amide bonds. The fourth-order valence-corrected chi connectivity index (χ4v) is 11.9. The molecule has 0 saturated heterocycles. The molecule has 1 nitrogen and oxygen atoms in total. The van der Waals surface area contributed by atoms with Gasteiger partial charge in [-0.25, -0.2) is 0 Å². The van der Waals surface area contributed by atoms with Gasteiger partial charge in [-0.15, -0.1) is 0 Å². The molecule has 0 spiro atoms. The Morgan fingerprint density at radius 2 is 1.21 bits per heavy atom. The summed E-state index contributed by atoms with van der Waals surface area (Å²) < 4.78 is 6.99. The van der Waals surface area contributed by atoms with E-state index < -0.39 is 16.4 Å². The molecule has 0 radical (unpaired) electrons. The highest BCUT2D eigenvalue weighted by atomic mass is 28.4. The molecule has 2 rings (SSSR count). The zero-order valence-corrected chi connectivity index (χ0v) is 21.4. The predicted molar refractivity (Wildman–Crippen MR) is 135 cm³/mol. The third kappa shape index (κ3) is 5.39. The lowest BCUT2D eigenvalue weighted by Gasteiger charge is -2.43. The van der Waals surface area contributed by atoms with Gasteiger partial charge in [0.05, 0.1) is 8.07 Å². The summed E-state index contributed by atoms with van der Waals surface area (Å²) in [4.78, 5) is 0. The van der Waals surface area contributed by atoms with Crippen molar-refractivity contribution >= 4 is 26.8 Å². The van der Waals surface area contributed by atoms with Crippen LogP contribution in [0.15, 0.2) is 72.4 Å². The van der Waals surface area contributed by atoms with Crippen molar-refractivity contribution in [1.29, 1.82) is 0 Å². The molecule has 3 heteroatoms. The van der Waals surface area contributed by atoms with Crippen molar-refractivity contribution in [3.05, 3.63) is 72.4 Å². The van der Waals surface area contributed by atoms with Crippen molar-refractivity contribution in [2.24, 2.45) is 0 Å². The first-order valence-electron chi connectivity index (χ1n) is 11.3. The Bertz CT molecular complexity index is 696. The summed E-state index contributed by atoms with van der Waals surface area (Å²) in [6, 6.07) is 25.9. The van der Waals surface area contributed by atoms with Crippen LogP contribution in [0.4, 0.5) is 0 Å². The van der Waals surface area contributed by atoms with Crippen LogP contribution in [-0.4, -0.2) is 23.0 Å². The van der Waals surface area contributed by atoms with E-state index in [1.54, 1.807) is 0 Å². The van der Waals surface area contributed by atoms with Crippen LogP contribution >= 0.6 is 0 Å². The molecule has 158 valence electrons. The Labute approximate surface area is 181 Å². The maximum atomic E-state index is 6.99. The molecular formula is C26H40OSi2. The summed E-state index contributed by atoms with van der Waals surface area (Å²) in [7, 11) is -3.60. The lowest BCUT2D eigenvalue weighted by atomic mass is 10.2. The molecular weight excluding hydrogens is 384 g/mol. The molecule has 0 N–H and O–H groups in total. The fraction of sp³-hybridized carbons (Fsp3) is 0.462. The molecule has 0 saturated carbocycles. The quantitative estimate of drug-likeness (QED) is 0.310. The van der Waals surface area contributed by atoms with Crippen LogP contribution in [-0.2, 0) is 4.43 Å². The van der Waals surface area contributed by atoms with E-state index in [1.807, 2.05) is 0 Å². The highest BCUT2D eigenvalue weighted by molar-refractivity contribution is 6.99. The highest BCUT2D eigenvalue weighted by Crippen LogP contribution is 2.36. The maximum absolute atomic E-state index is 6.99. The van der Waals surface area contributed by atoms with Crippen molar-refractivity contribution < 1.29 is 4.43 Å². The van der Waals surface area contributed by atoms with Gasteiger partial charge in [0, 0.05) is 6.61 Å². The first-order valence-corrected chi connectivity index (χ1v) is 15.9. The molecule has 0 bridgehead atoms. The van der Waals surface area contributed by atoms with Gasteiger partial charge < -0.3 is 4.43 Å². The number of rotatable bonds is 10. The summed E-state index contributed by atoms with van der Waals surface area (Å²) in [6.45, 7) is 14.9. The third-order valence-electron chi connectivity index (χ3n) is 6.60. The molecule has 2 aromatic carbocycles. The topological polar surface area (TPSA) is 9.23 Å². The van der Waals surface area contributed by atoms with E-state index in [0.717, 1.165) is 13.0 Å². The average Bonchev–Trinajstić information content (AvgIpc) is 2.74. The summed E-state index contributed by atoms with van der Waals surface area (Å²) in [5.74, 6) is 0. The van der Waals surface area contributed by atoms with Crippen LogP contribution in [0.2, 0.25) is 23.2 Å². The standard InChI is InChI=1S/C26H40OSi2/c1-7-28(8-2,9-3)23-17-16-22-27-29(26(4,5)6,24-18-12-10-13-19-24)25-20-14-11-15-21-25/h10-15,17-21,23H,7-9,16,22H2,1-6H3/b23-17+. The molecule has 29 heavy (non-hydrogen) atoms. The Balaban J connectivity index is 2.32. The van der Waals surface area contributed by atoms with Crippen LogP contribution in [0.25, 0.3) is 0 Å². The van der Waals surface area contributed by atoms with Crippen LogP contribution in [0.1, 0.15) is 48.0 Å². The predicted octanol–water partition coefficient (Wildman–Crippen LogP) is 6.56. The minimum atomic E-state index is -2.39. The highest BCUT2D eigenvalue weighted by Gasteiger charge is 2.49. The van der Waals surface area contributed by atoms with Gasteiger partial charge in [0.15, 0.2) is 0 Å². The summed E-state index contributed by atoms with van der Waals surface area (Å²) >= 11 is 0. The molecule has 0 heterocycles. The zero-order valence-electron chi connectivity index (χ0n) is 19.4. The number of hydrogen-bond donors (Lipinski definition) is 0. The Hall–Kier alpha value is -1.43. The second kappa shape index (κ2) is 10.6. The van der Waals surface area contributed by atoms with Gasteiger partial charge in [0.25, 0.3) is 8.32 Å². The minimum Gasteiger partial charge on any atom is -0.407 e. The lowest BCUT2D eigenvalue weighted by Crippen LogP contribution is -2.66. The zero-order chi connectivity index (χ0) is 21.4. The molecule has 0 aliphatic heterocycles. The van der Waals surface area contributed by atoms with E-state index in [9.17, 15) is 0 Å². The SMILES string of the molecule is CC[Si](/C=C/CCO[Si](c1ccccc1)(c1ccccc1)C(C)(C)C)(CC)CC. The minimum absolute atomic E-state index is 0.0498. The normalized spacial score (nSPS) is 13.2. The lowest BCUT2D eigenvalue weighted by molar-refractivity contribution is 0.304. The molecule has 2 aromatic rings. The second-order valence-corrected chi connectivity index (χ2v) is 18.6. The summed E-state index contributed by atoms with van der Waals surface area (Å²) in [6.07, 6.45) is 3.42. The molecule has 0 aromatic heterocycles. The van der Waals surface area contributed by atoms with Crippen molar-refractivity contribution in [2.45, 2.75) is 71.1 Å². The summed E-state index contributed by atoms with van der Waals surface area (Å²) in [5, 5.41) is 2.78.